The van der Waals surface area contributed by atoms with Crippen LogP contribution in [0.25, 0.3) is 0 Å². The predicted octanol–water partition coefficient (Wildman–Crippen LogP) is 15.5. The zero-order valence-electron chi connectivity index (χ0n) is 58.9. The summed E-state index contributed by atoms with van der Waals surface area (Å²) in [5.74, 6) is 1.48. The van der Waals surface area contributed by atoms with Crippen molar-refractivity contribution in [3.05, 3.63) is 155 Å². The first-order valence-electron chi connectivity index (χ1n) is 38.7. The van der Waals surface area contributed by atoms with E-state index in [0.29, 0.717) is 23.4 Å². The van der Waals surface area contributed by atoms with Gasteiger partial charge >= 0.3 is 24.2 Å². The zero-order chi connectivity index (χ0) is 68.0. The minimum atomic E-state index is -0.448. The van der Waals surface area contributed by atoms with Crippen molar-refractivity contribution in [1.82, 2.24) is 30.2 Å². The molecular weight excluding hydrogens is 1250 g/mol. The minimum Gasteiger partial charge on any atom is -0.438 e. The molecule has 3 aliphatic carbocycles. The number of benzene rings is 5. The molecule has 6 N–H and O–H groups in total. The van der Waals surface area contributed by atoms with Crippen molar-refractivity contribution in [2.45, 2.75) is 207 Å². The monoisotopic (exact) mass is 1360 g/mol. The molecule has 0 bridgehead atoms. The Morgan fingerprint density at radius 1 is 0.370 bits per heavy atom. The molecule has 10 heterocycles. The highest BCUT2D eigenvalue weighted by Crippen LogP contribution is 2.52. The van der Waals surface area contributed by atoms with Crippen LogP contribution in [0.15, 0.2) is 127 Å². The van der Waals surface area contributed by atoms with Crippen molar-refractivity contribution in [3.63, 3.8) is 0 Å². The predicted molar refractivity (Wildman–Crippen MR) is 392 cm³/mol. The summed E-state index contributed by atoms with van der Waals surface area (Å²) < 4.78 is 22.7. The van der Waals surface area contributed by atoms with E-state index in [0.717, 1.165) is 189 Å². The van der Waals surface area contributed by atoms with Gasteiger partial charge in [0.1, 0.15) is 11.2 Å². The van der Waals surface area contributed by atoms with Gasteiger partial charge in [0.2, 0.25) is 0 Å². The lowest BCUT2D eigenvalue weighted by molar-refractivity contribution is -0.0570. The van der Waals surface area contributed by atoms with Crippen molar-refractivity contribution >= 4 is 47.0 Å². The first-order chi connectivity index (χ1) is 48.9. The van der Waals surface area contributed by atoms with E-state index >= 15 is 0 Å². The number of likely N-dealkylation sites (tertiary alicyclic amines) is 4. The second-order valence-electron chi connectivity index (χ2n) is 31.6. The lowest BCUT2D eigenvalue weighted by Gasteiger charge is -2.50. The number of piperidine rings is 4. The van der Waals surface area contributed by atoms with Crippen LogP contribution in [0.3, 0.4) is 0 Å². The summed E-state index contributed by atoms with van der Waals surface area (Å²) in [5, 5.41) is 18.0. The highest BCUT2D eigenvalue weighted by molar-refractivity contribution is 5.95. The van der Waals surface area contributed by atoms with Crippen LogP contribution in [0, 0.1) is 11.3 Å². The number of nitrogens with one attached hydrogen (secondary N) is 6. The Bertz CT molecular complexity index is 3600. The molecular formula is C82H108N10O8. The Morgan fingerprint density at radius 2 is 0.780 bits per heavy atom. The number of para-hydroxylation sites is 4. The number of ether oxygens (including phenoxy) is 4. The van der Waals surface area contributed by atoms with E-state index in [4.69, 9.17) is 18.9 Å². The van der Waals surface area contributed by atoms with Crippen LogP contribution in [0.1, 0.15) is 194 Å². The van der Waals surface area contributed by atoms with Crippen LogP contribution >= 0.6 is 0 Å². The van der Waals surface area contributed by atoms with Gasteiger partial charge in [0.05, 0.1) is 22.5 Å². The summed E-state index contributed by atoms with van der Waals surface area (Å²) in [6.45, 7) is 13.0. The van der Waals surface area contributed by atoms with Gasteiger partial charge in [-0.1, -0.05) is 129 Å². The molecule has 534 valence electrons. The van der Waals surface area contributed by atoms with Crippen LogP contribution in [0.4, 0.5) is 41.9 Å². The third-order valence-corrected chi connectivity index (χ3v) is 25.9. The van der Waals surface area contributed by atoms with Gasteiger partial charge in [0, 0.05) is 163 Å². The number of hydrogen-bond donors (Lipinski definition) is 6. The van der Waals surface area contributed by atoms with Crippen LogP contribution in [0.5, 0.6) is 0 Å². The standard InChI is InChI=1S/C24H28N2O2.C23H32N2O2.C18H25N3O2.C17H23N3O2/c27-23-25-22-9-5-4-8-21(22)24(28-23)14-16-26(17-15-24)20-12-10-19(11-13-20)18-6-2-1-3-7-18;26-21-24-20-9-3-2-8-19(20)23(27-21)13-15-25(16-14-23)18-7-6-12-22(17-18)10-4-1-5-11-22;22-17-19-16-4-2-1-3-15(16)18(20-17)7-9-21(10-8-18)13-14-5-11-23-12-6-14;21-16-18-15-4-2-1-3-14(15)17(19-16)7-9-20(10-8-17)13-5-11-22-12-6-13/h1-9,19-20H,10-17H2,(H,25,27);2-3,8-9,18H,1,4-7,10-17H2,(H,24,26);1-4,14H,5-13H2,(H2,19,20,22);1-4,13H,5-12H2,(H2,18,19,21). The molecule has 5 spiro atoms. The summed E-state index contributed by atoms with van der Waals surface area (Å²) in [5.41, 5.74) is 9.44. The fraction of sp³-hybridized carbons (Fsp3) is 0.585. The number of hydrogen-bond acceptors (Lipinski definition) is 12. The van der Waals surface area contributed by atoms with E-state index in [-0.39, 0.29) is 35.3 Å². The molecule has 1 atom stereocenters. The summed E-state index contributed by atoms with van der Waals surface area (Å²) in [7, 11) is 0. The SMILES string of the molecule is O=C1Nc2ccccc2C2(CCN(C3CCC(c4ccccc4)CC3)CC2)O1.O=C1Nc2ccccc2C2(CCN(C3CCCC4(CCCCC4)C3)CC2)O1.O=C1Nc2ccccc2C2(CCN(C3CCOCC3)CC2)N1.O=C1Nc2ccccc2C2(CCN(CC3CCOCC3)CC2)N1. The first-order valence-corrected chi connectivity index (χ1v) is 38.7. The molecule has 18 rings (SSSR count). The number of fused-ring (bicyclic) bond motifs is 8. The van der Waals surface area contributed by atoms with E-state index in [9.17, 15) is 19.2 Å². The van der Waals surface area contributed by atoms with Crippen LogP contribution < -0.4 is 31.9 Å². The van der Waals surface area contributed by atoms with Crippen molar-refractivity contribution < 1.29 is 38.1 Å². The van der Waals surface area contributed by atoms with Gasteiger partial charge in [-0.15, -0.1) is 0 Å². The van der Waals surface area contributed by atoms with Crippen molar-refractivity contribution in [3.8, 4) is 0 Å². The first kappa shape index (κ1) is 68.7. The lowest BCUT2D eigenvalue weighted by atomic mass is 9.63. The summed E-state index contributed by atoms with van der Waals surface area (Å²) in [6, 6.07) is 45.5. The van der Waals surface area contributed by atoms with Gasteiger partial charge in [-0.3, -0.25) is 10.6 Å². The second-order valence-corrected chi connectivity index (χ2v) is 31.6. The smallest absolute Gasteiger partial charge is 0.412 e. The van der Waals surface area contributed by atoms with Gasteiger partial charge in [0.15, 0.2) is 0 Å². The Morgan fingerprint density at radius 3 is 1.29 bits per heavy atom. The van der Waals surface area contributed by atoms with Gasteiger partial charge < -0.3 is 59.8 Å². The second kappa shape index (κ2) is 30.5. The van der Waals surface area contributed by atoms with Crippen LogP contribution in [-0.4, -0.2) is 147 Å². The Hall–Kier alpha value is -7.06. The molecule has 0 radical (unpaired) electrons. The third-order valence-electron chi connectivity index (χ3n) is 25.9. The number of urea groups is 2. The molecule has 18 nitrogen and oxygen atoms in total. The summed E-state index contributed by atoms with van der Waals surface area (Å²) in [4.78, 5) is 58.8. The van der Waals surface area contributed by atoms with E-state index in [1.165, 1.54) is 120 Å². The molecule has 18 heteroatoms. The largest absolute Gasteiger partial charge is 0.438 e. The molecule has 3 saturated carbocycles. The molecule has 1 unspecified atom stereocenters. The highest BCUT2D eigenvalue weighted by atomic mass is 16.6. The number of anilines is 4. The highest BCUT2D eigenvalue weighted by Gasteiger charge is 2.50. The zero-order valence-corrected chi connectivity index (χ0v) is 58.9. The van der Waals surface area contributed by atoms with Crippen LogP contribution in [0.2, 0.25) is 0 Å². The maximum absolute atomic E-state index is 12.1. The normalized spacial score (nSPS) is 26.9. The fourth-order valence-corrected chi connectivity index (χ4v) is 20.4. The topological polar surface area (TPSA) is 190 Å². The Balaban J connectivity index is 0.000000109. The molecule has 0 aromatic heterocycles. The minimum absolute atomic E-state index is 0.0680. The molecule has 13 aliphatic rings. The van der Waals surface area contributed by atoms with E-state index in [1.807, 2.05) is 54.6 Å². The Kier molecular flexibility index (Phi) is 20.9. The van der Waals surface area contributed by atoms with Gasteiger partial charge in [-0.2, -0.15) is 0 Å². The maximum atomic E-state index is 12.1. The van der Waals surface area contributed by atoms with Crippen molar-refractivity contribution in [2.24, 2.45) is 11.3 Å². The number of carbonyl (C=O) groups is 4. The van der Waals surface area contributed by atoms with E-state index < -0.39 is 11.2 Å². The van der Waals surface area contributed by atoms with Gasteiger partial charge in [-0.05, 0) is 156 Å². The van der Waals surface area contributed by atoms with Crippen molar-refractivity contribution in [2.75, 3.05) is 107 Å². The fourth-order valence-electron chi connectivity index (χ4n) is 20.4. The maximum Gasteiger partial charge on any atom is 0.412 e. The van der Waals surface area contributed by atoms with Gasteiger partial charge in [-0.25, -0.2) is 19.2 Å². The molecule has 9 fully saturated rings. The molecule has 10 aliphatic heterocycles. The van der Waals surface area contributed by atoms with Crippen LogP contribution in [-0.2, 0) is 41.2 Å². The summed E-state index contributed by atoms with van der Waals surface area (Å²) >= 11 is 0. The van der Waals surface area contributed by atoms with Gasteiger partial charge in [0.25, 0.3) is 0 Å². The third kappa shape index (κ3) is 15.1. The Labute approximate surface area is 592 Å². The molecule has 6 amide bonds. The van der Waals surface area contributed by atoms with E-state index in [2.05, 4.69) is 124 Å². The number of amides is 6. The average Bonchev–Trinajstić information content (AvgIpc) is 0.774. The average molecular weight is 1360 g/mol. The molecule has 5 aromatic carbocycles. The number of carbonyl (C=O) groups excluding carboxylic acids is 4. The quantitative estimate of drug-likeness (QED) is 0.0945. The number of rotatable bonds is 6. The number of nitrogens with zero attached hydrogens (tertiary/aromatic N) is 4. The molecule has 5 aromatic rings. The summed E-state index contributed by atoms with van der Waals surface area (Å²) in [6.07, 6.45) is 29.5. The lowest BCUT2D eigenvalue weighted by Crippen LogP contribution is -2.58. The van der Waals surface area contributed by atoms with E-state index in [1.54, 1.807) is 0 Å². The van der Waals surface area contributed by atoms with Crippen molar-refractivity contribution in [1.29, 1.82) is 0 Å². The molecule has 6 saturated heterocycles. The molecule has 100 heavy (non-hydrogen) atoms.